The number of nitrogens with zero attached hydrogens (tertiary/aromatic N) is 2. The SMILES string of the molecule is O=C(N[C@@H]1C[C@H]2C[C@H]1[C@@H]1CCC[C@H]21)c1cnc2sccn2c1=O. The van der Waals surface area contributed by atoms with E-state index >= 15 is 0 Å². The van der Waals surface area contributed by atoms with Gasteiger partial charge in [0.25, 0.3) is 11.5 Å². The molecule has 3 aliphatic rings. The fourth-order valence-electron chi connectivity index (χ4n) is 5.46. The number of rotatable bonds is 2. The lowest BCUT2D eigenvalue weighted by atomic mass is 9.79. The van der Waals surface area contributed by atoms with Crippen LogP contribution in [0.25, 0.3) is 4.96 Å². The van der Waals surface area contributed by atoms with Crippen molar-refractivity contribution < 1.29 is 4.79 Å². The minimum Gasteiger partial charge on any atom is -0.349 e. The van der Waals surface area contributed by atoms with Gasteiger partial charge >= 0.3 is 0 Å². The summed E-state index contributed by atoms with van der Waals surface area (Å²) in [5.41, 5.74) is -0.109. The number of amides is 1. The molecule has 0 unspecified atom stereocenters. The monoisotopic (exact) mass is 329 g/mol. The Morgan fingerprint density at radius 2 is 2.13 bits per heavy atom. The molecule has 0 radical (unpaired) electrons. The van der Waals surface area contributed by atoms with Crippen molar-refractivity contribution in [2.24, 2.45) is 23.7 Å². The smallest absolute Gasteiger partial charge is 0.271 e. The van der Waals surface area contributed by atoms with Crippen molar-refractivity contribution >= 4 is 22.2 Å². The molecule has 2 heterocycles. The van der Waals surface area contributed by atoms with Crippen molar-refractivity contribution in [3.8, 4) is 0 Å². The molecule has 0 aromatic carbocycles. The summed E-state index contributed by atoms with van der Waals surface area (Å²) in [5, 5.41) is 4.96. The maximum Gasteiger partial charge on any atom is 0.271 e. The highest BCUT2D eigenvalue weighted by molar-refractivity contribution is 7.15. The molecule has 5 atom stereocenters. The van der Waals surface area contributed by atoms with Crippen LogP contribution in [0.15, 0.2) is 22.6 Å². The quantitative estimate of drug-likeness (QED) is 0.919. The highest BCUT2D eigenvalue weighted by atomic mass is 32.1. The van der Waals surface area contributed by atoms with Gasteiger partial charge in [-0.1, -0.05) is 6.42 Å². The van der Waals surface area contributed by atoms with Gasteiger partial charge in [0, 0.05) is 23.8 Å². The largest absolute Gasteiger partial charge is 0.349 e. The molecule has 5 rings (SSSR count). The molecule has 0 saturated heterocycles. The van der Waals surface area contributed by atoms with Crippen molar-refractivity contribution in [3.63, 3.8) is 0 Å². The van der Waals surface area contributed by atoms with Gasteiger partial charge < -0.3 is 5.32 Å². The van der Waals surface area contributed by atoms with Crippen LogP contribution in [0.3, 0.4) is 0 Å². The molecule has 0 aliphatic heterocycles. The molecular formula is C17H19N3O2S. The summed E-state index contributed by atoms with van der Waals surface area (Å²) in [7, 11) is 0. The Morgan fingerprint density at radius 3 is 3.04 bits per heavy atom. The zero-order valence-corrected chi connectivity index (χ0v) is 13.6. The van der Waals surface area contributed by atoms with E-state index in [1.54, 1.807) is 6.20 Å². The number of carbonyl (C=O) groups excluding carboxylic acids is 1. The van der Waals surface area contributed by atoms with Crippen molar-refractivity contribution in [2.45, 2.75) is 38.1 Å². The first-order valence-corrected chi connectivity index (χ1v) is 9.36. The first kappa shape index (κ1) is 13.7. The summed E-state index contributed by atoms with van der Waals surface area (Å²) in [5.74, 6) is 2.86. The van der Waals surface area contributed by atoms with Crippen molar-refractivity contribution in [1.82, 2.24) is 14.7 Å². The van der Waals surface area contributed by atoms with E-state index < -0.39 is 0 Å². The van der Waals surface area contributed by atoms with Crippen molar-refractivity contribution in [3.05, 3.63) is 33.7 Å². The summed E-state index contributed by atoms with van der Waals surface area (Å²) in [6.07, 6.45) is 9.51. The molecule has 1 N–H and O–H groups in total. The van der Waals surface area contributed by atoms with Gasteiger partial charge in [0.2, 0.25) is 0 Å². The molecule has 0 spiro atoms. The van der Waals surface area contributed by atoms with E-state index in [-0.39, 0.29) is 23.1 Å². The number of thiazole rings is 1. The third-order valence-corrected chi connectivity index (χ3v) is 7.10. The Hall–Kier alpha value is -1.69. The van der Waals surface area contributed by atoms with Crippen LogP contribution in [0.1, 0.15) is 42.5 Å². The number of nitrogens with one attached hydrogen (secondary N) is 1. The van der Waals surface area contributed by atoms with Crippen molar-refractivity contribution in [1.29, 1.82) is 0 Å². The Bertz CT molecular complexity index is 842. The number of aromatic nitrogens is 2. The lowest BCUT2D eigenvalue weighted by Gasteiger charge is -2.32. The molecule has 1 amide bonds. The van der Waals surface area contributed by atoms with Gasteiger partial charge in [-0.3, -0.25) is 14.0 Å². The molecule has 3 fully saturated rings. The topological polar surface area (TPSA) is 63.5 Å². The van der Waals surface area contributed by atoms with Crippen LogP contribution < -0.4 is 10.9 Å². The number of fused-ring (bicyclic) bond motifs is 6. The van der Waals surface area contributed by atoms with Gasteiger partial charge in [0.15, 0.2) is 4.96 Å². The minimum atomic E-state index is -0.268. The lowest BCUT2D eigenvalue weighted by molar-refractivity contribution is 0.0899. The Morgan fingerprint density at radius 1 is 1.26 bits per heavy atom. The Balaban J connectivity index is 1.39. The van der Waals surface area contributed by atoms with E-state index in [0.29, 0.717) is 10.9 Å². The number of hydrogen-bond acceptors (Lipinski definition) is 4. The first-order valence-electron chi connectivity index (χ1n) is 8.48. The molecule has 2 bridgehead atoms. The van der Waals surface area contributed by atoms with E-state index in [4.69, 9.17) is 0 Å². The highest BCUT2D eigenvalue weighted by Crippen LogP contribution is 2.58. The number of carbonyl (C=O) groups is 1. The number of hydrogen-bond donors (Lipinski definition) is 1. The van der Waals surface area contributed by atoms with Crippen LogP contribution >= 0.6 is 11.3 Å². The minimum absolute atomic E-state index is 0.159. The predicted molar refractivity (Wildman–Crippen MR) is 87.6 cm³/mol. The summed E-state index contributed by atoms with van der Waals surface area (Å²) >= 11 is 1.40. The van der Waals surface area contributed by atoms with Crippen LogP contribution in [0.5, 0.6) is 0 Å². The second-order valence-corrected chi connectivity index (χ2v) is 8.14. The average molecular weight is 329 g/mol. The Kier molecular flexibility index (Phi) is 2.92. The third kappa shape index (κ3) is 1.94. The highest BCUT2D eigenvalue weighted by Gasteiger charge is 2.54. The molecule has 3 aliphatic carbocycles. The van der Waals surface area contributed by atoms with Gasteiger partial charge in [-0.15, -0.1) is 11.3 Å². The summed E-state index contributed by atoms with van der Waals surface area (Å²) in [6.45, 7) is 0. The van der Waals surface area contributed by atoms with E-state index in [9.17, 15) is 9.59 Å². The van der Waals surface area contributed by atoms with Gasteiger partial charge in [0.1, 0.15) is 5.56 Å². The second-order valence-electron chi connectivity index (χ2n) is 7.27. The lowest BCUT2D eigenvalue weighted by Crippen LogP contribution is -2.44. The van der Waals surface area contributed by atoms with Crippen LogP contribution in [0, 0.1) is 23.7 Å². The first-order chi connectivity index (χ1) is 11.2. The zero-order chi connectivity index (χ0) is 15.6. The average Bonchev–Trinajstić information content (AvgIpc) is 3.29. The van der Waals surface area contributed by atoms with Crippen LogP contribution in [-0.2, 0) is 0 Å². The molecule has 6 heteroatoms. The summed E-state index contributed by atoms with van der Waals surface area (Å²) in [4.78, 5) is 29.9. The third-order valence-electron chi connectivity index (χ3n) is 6.33. The van der Waals surface area contributed by atoms with Crippen molar-refractivity contribution in [2.75, 3.05) is 0 Å². The maximum absolute atomic E-state index is 12.6. The standard InChI is InChI=1S/C17H19N3O2S/c21-15(13-8-18-17-20(16(13)22)4-5-23-17)19-14-7-9-6-12(14)11-3-1-2-10(9)11/h4-5,8-12,14H,1-3,6-7H2,(H,19,21)/t9-,10-,11-,12+,14-/m1/s1. The molecule has 120 valence electrons. The van der Waals surface area contributed by atoms with Gasteiger partial charge in [-0.25, -0.2) is 4.98 Å². The summed E-state index contributed by atoms with van der Waals surface area (Å²) < 4.78 is 1.45. The maximum atomic E-state index is 12.6. The fraction of sp³-hybridized carbons (Fsp3) is 0.588. The molecule has 2 aromatic heterocycles. The van der Waals surface area contributed by atoms with E-state index in [2.05, 4.69) is 10.3 Å². The molecule has 2 aromatic rings. The van der Waals surface area contributed by atoms with Crippen LogP contribution in [0.2, 0.25) is 0 Å². The predicted octanol–water partition coefficient (Wildman–Crippen LogP) is 2.31. The van der Waals surface area contributed by atoms with E-state index in [1.165, 1.54) is 47.6 Å². The zero-order valence-electron chi connectivity index (χ0n) is 12.8. The Labute approximate surface area is 137 Å². The normalized spacial score (nSPS) is 34.9. The van der Waals surface area contributed by atoms with Gasteiger partial charge in [0.05, 0.1) is 0 Å². The van der Waals surface area contributed by atoms with Crippen LogP contribution in [-0.4, -0.2) is 21.3 Å². The van der Waals surface area contributed by atoms with Crippen LogP contribution in [0.4, 0.5) is 0 Å². The van der Waals surface area contributed by atoms with Gasteiger partial charge in [-0.05, 0) is 49.4 Å². The molecule has 5 nitrogen and oxygen atoms in total. The fourth-order valence-corrected chi connectivity index (χ4v) is 6.14. The molecular weight excluding hydrogens is 310 g/mol. The van der Waals surface area contributed by atoms with Gasteiger partial charge in [-0.2, -0.15) is 0 Å². The molecule has 23 heavy (non-hydrogen) atoms. The second kappa shape index (κ2) is 4.90. The summed E-state index contributed by atoms with van der Waals surface area (Å²) in [6, 6.07) is 0.245. The van der Waals surface area contributed by atoms with E-state index in [1.807, 2.05) is 5.38 Å². The van der Waals surface area contributed by atoms with E-state index in [0.717, 1.165) is 24.2 Å². The molecule has 3 saturated carbocycles.